The van der Waals surface area contributed by atoms with Gasteiger partial charge in [0, 0.05) is 31.2 Å². The molecular weight excluding hydrogens is 511 g/mol. The van der Waals surface area contributed by atoms with Crippen molar-refractivity contribution in [2.24, 2.45) is 5.92 Å². The summed E-state index contributed by atoms with van der Waals surface area (Å²) in [6, 6.07) is 18.3. The summed E-state index contributed by atoms with van der Waals surface area (Å²) in [7, 11) is 0. The molecule has 7 nitrogen and oxygen atoms in total. The van der Waals surface area contributed by atoms with Crippen LogP contribution in [-0.2, 0) is 26.1 Å². The minimum atomic E-state index is -4.65. The molecule has 3 fully saturated rings. The SMILES string of the molecule is O=C(C[N+]12CCC(CC1)[C@@H](OC(=O)C(O)(c1ccccc1)c1ccccc1)C2)Nc1ccncc1C(F)(F)F. The van der Waals surface area contributed by atoms with Crippen molar-refractivity contribution in [3.05, 3.63) is 95.8 Å². The molecule has 6 rings (SSSR count). The number of amides is 1. The van der Waals surface area contributed by atoms with E-state index in [1.165, 1.54) is 6.20 Å². The number of pyridine rings is 1. The molecule has 10 heteroatoms. The number of nitrogens with zero attached hydrogens (tertiary/aromatic N) is 2. The Kier molecular flexibility index (Phi) is 7.17. The highest BCUT2D eigenvalue weighted by atomic mass is 19.4. The molecule has 0 aliphatic carbocycles. The maximum Gasteiger partial charge on any atom is 0.419 e. The molecule has 2 bridgehead atoms. The molecule has 2 aromatic carbocycles. The summed E-state index contributed by atoms with van der Waals surface area (Å²) in [5.74, 6) is -1.28. The number of anilines is 1. The molecule has 2 N–H and O–H groups in total. The van der Waals surface area contributed by atoms with Crippen LogP contribution in [0.1, 0.15) is 29.5 Å². The molecule has 204 valence electrons. The van der Waals surface area contributed by atoms with Gasteiger partial charge in [0.15, 0.2) is 12.6 Å². The number of quaternary nitrogens is 1. The summed E-state index contributed by atoms with van der Waals surface area (Å²) < 4.78 is 46.4. The van der Waals surface area contributed by atoms with Gasteiger partial charge in [-0.3, -0.25) is 9.78 Å². The summed E-state index contributed by atoms with van der Waals surface area (Å²) in [4.78, 5) is 30.1. The number of alkyl halides is 3. The second-order valence-electron chi connectivity index (χ2n) is 10.3. The van der Waals surface area contributed by atoms with Crippen LogP contribution in [-0.4, -0.2) is 58.7 Å². The second-order valence-corrected chi connectivity index (χ2v) is 10.3. The van der Waals surface area contributed by atoms with E-state index in [1.54, 1.807) is 60.7 Å². The van der Waals surface area contributed by atoms with E-state index in [-0.39, 0.29) is 18.2 Å². The van der Waals surface area contributed by atoms with Crippen molar-refractivity contribution in [1.82, 2.24) is 4.98 Å². The van der Waals surface area contributed by atoms with Gasteiger partial charge in [-0.1, -0.05) is 60.7 Å². The first-order chi connectivity index (χ1) is 18.6. The van der Waals surface area contributed by atoms with Crippen molar-refractivity contribution >= 4 is 17.6 Å². The highest BCUT2D eigenvalue weighted by molar-refractivity contribution is 5.92. The third-order valence-corrected chi connectivity index (χ3v) is 7.86. The number of benzene rings is 2. The van der Waals surface area contributed by atoms with Crippen molar-refractivity contribution in [1.29, 1.82) is 0 Å². The third kappa shape index (κ3) is 5.39. The molecule has 0 radical (unpaired) electrons. The van der Waals surface area contributed by atoms with Crippen molar-refractivity contribution in [2.45, 2.75) is 30.7 Å². The number of rotatable bonds is 7. The Bertz CT molecular complexity index is 1290. The Labute approximate surface area is 223 Å². The van der Waals surface area contributed by atoms with Gasteiger partial charge in [-0.2, -0.15) is 13.2 Å². The molecule has 0 saturated carbocycles. The quantitative estimate of drug-likeness (QED) is 0.348. The van der Waals surface area contributed by atoms with Crippen LogP contribution < -0.4 is 5.32 Å². The fourth-order valence-corrected chi connectivity index (χ4v) is 5.78. The normalized spacial score (nSPS) is 22.8. The van der Waals surface area contributed by atoms with Gasteiger partial charge >= 0.3 is 12.1 Å². The van der Waals surface area contributed by atoms with Crippen LogP contribution in [0.5, 0.6) is 0 Å². The van der Waals surface area contributed by atoms with Crippen LogP contribution in [0.3, 0.4) is 0 Å². The first kappa shape index (κ1) is 26.8. The van der Waals surface area contributed by atoms with E-state index in [0.29, 0.717) is 54.3 Å². The van der Waals surface area contributed by atoms with Gasteiger partial charge in [-0.15, -0.1) is 0 Å². The van der Waals surface area contributed by atoms with E-state index in [4.69, 9.17) is 4.74 Å². The number of esters is 1. The van der Waals surface area contributed by atoms with Crippen LogP contribution in [0.2, 0.25) is 0 Å². The summed E-state index contributed by atoms with van der Waals surface area (Å²) in [6.45, 7) is 1.58. The fourth-order valence-electron chi connectivity index (χ4n) is 5.78. The number of fused-ring (bicyclic) bond motifs is 3. The number of hydrogen-bond donors (Lipinski definition) is 2. The van der Waals surface area contributed by atoms with Crippen LogP contribution in [0.15, 0.2) is 79.1 Å². The Balaban J connectivity index is 1.33. The van der Waals surface area contributed by atoms with Gasteiger partial charge in [0.05, 0.1) is 24.3 Å². The number of nitrogens with one attached hydrogen (secondary N) is 1. The standard InChI is InChI=1S/C29H28F3N3O4/c30-29(31,32)23-17-33-14-11-24(23)34-26(36)19-35-15-12-20(13-16-35)25(18-35)39-27(37)28(38,21-7-3-1-4-8-21)22-9-5-2-6-10-22/h1-11,14,17,20,25,38H,12-13,15-16,18-19H2/p+1/t20?,25-,35?/m0/s1. The highest BCUT2D eigenvalue weighted by Gasteiger charge is 2.51. The first-order valence-corrected chi connectivity index (χ1v) is 12.8. The molecule has 39 heavy (non-hydrogen) atoms. The number of aromatic nitrogens is 1. The van der Waals surface area contributed by atoms with Crippen molar-refractivity contribution in [2.75, 3.05) is 31.5 Å². The molecule has 3 aliphatic rings. The highest BCUT2D eigenvalue weighted by Crippen LogP contribution is 2.39. The average Bonchev–Trinajstić information content (AvgIpc) is 2.93. The average molecular weight is 541 g/mol. The van der Waals surface area contributed by atoms with Crippen molar-refractivity contribution in [3.8, 4) is 0 Å². The van der Waals surface area contributed by atoms with Crippen molar-refractivity contribution in [3.63, 3.8) is 0 Å². The van der Waals surface area contributed by atoms with Crippen LogP contribution >= 0.6 is 0 Å². The predicted molar refractivity (Wildman–Crippen MR) is 136 cm³/mol. The van der Waals surface area contributed by atoms with E-state index in [1.807, 2.05) is 0 Å². The zero-order valence-corrected chi connectivity index (χ0v) is 21.1. The summed E-state index contributed by atoms with van der Waals surface area (Å²) in [5.41, 5.74) is -2.62. The van der Waals surface area contributed by atoms with E-state index < -0.39 is 35.3 Å². The maximum atomic E-state index is 13.6. The van der Waals surface area contributed by atoms with Crippen LogP contribution in [0.25, 0.3) is 0 Å². The molecule has 0 unspecified atom stereocenters. The number of carbonyl (C=O) groups excluding carboxylic acids is 2. The molecular formula is C29H29F3N3O4+. The number of ether oxygens (including phenoxy) is 1. The number of hydrogen-bond acceptors (Lipinski definition) is 5. The molecule has 3 aliphatic heterocycles. The van der Waals surface area contributed by atoms with Gasteiger partial charge in [0.25, 0.3) is 5.91 Å². The van der Waals surface area contributed by atoms with Gasteiger partial charge < -0.3 is 19.6 Å². The van der Waals surface area contributed by atoms with Gasteiger partial charge in [-0.25, -0.2) is 4.79 Å². The Morgan fingerprint density at radius 2 is 1.56 bits per heavy atom. The minimum absolute atomic E-state index is 0.0535. The largest absolute Gasteiger partial charge is 0.453 e. The second kappa shape index (κ2) is 10.4. The summed E-state index contributed by atoms with van der Waals surface area (Å²) in [5, 5.41) is 14.1. The minimum Gasteiger partial charge on any atom is -0.453 e. The zero-order valence-electron chi connectivity index (χ0n) is 21.1. The lowest BCUT2D eigenvalue weighted by Gasteiger charge is -2.51. The Hall–Kier alpha value is -3.76. The molecule has 1 aromatic heterocycles. The molecule has 3 saturated heterocycles. The number of aliphatic hydroxyl groups is 1. The Morgan fingerprint density at radius 1 is 0.974 bits per heavy atom. The third-order valence-electron chi connectivity index (χ3n) is 7.86. The topological polar surface area (TPSA) is 88.5 Å². The molecule has 3 aromatic rings. The zero-order chi connectivity index (χ0) is 27.7. The van der Waals surface area contributed by atoms with E-state index in [0.717, 1.165) is 6.07 Å². The lowest BCUT2D eigenvalue weighted by molar-refractivity contribution is -0.939. The predicted octanol–water partition coefficient (Wildman–Crippen LogP) is 4.13. The molecule has 0 spiro atoms. The molecule has 4 heterocycles. The van der Waals surface area contributed by atoms with Crippen molar-refractivity contribution < 1.29 is 37.1 Å². The number of carbonyl (C=O) groups is 2. The van der Waals surface area contributed by atoms with Gasteiger partial charge in [0.2, 0.25) is 5.60 Å². The molecule has 1 atom stereocenters. The van der Waals surface area contributed by atoms with E-state index in [9.17, 15) is 27.9 Å². The monoisotopic (exact) mass is 540 g/mol. The van der Waals surface area contributed by atoms with Gasteiger partial charge in [0.1, 0.15) is 6.54 Å². The first-order valence-electron chi connectivity index (χ1n) is 12.8. The summed E-state index contributed by atoms with van der Waals surface area (Å²) in [6.07, 6.45) is -1.92. The lowest BCUT2D eigenvalue weighted by Crippen LogP contribution is -2.66. The lowest BCUT2D eigenvalue weighted by atomic mass is 9.82. The smallest absolute Gasteiger partial charge is 0.419 e. The van der Waals surface area contributed by atoms with Gasteiger partial charge in [-0.05, 0) is 17.2 Å². The van der Waals surface area contributed by atoms with E-state index >= 15 is 0 Å². The Morgan fingerprint density at radius 3 is 2.13 bits per heavy atom. The van der Waals surface area contributed by atoms with Crippen LogP contribution in [0.4, 0.5) is 18.9 Å². The molecule has 1 amide bonds. The number of halogens is 3. The number of piperidine rings is 3. The van der Waals surface area contributed by atoms with Crippen LogP contribution in [0, 0.1) is 5.92 Å². The summed E-state index contributed by atoms with van der Waals surface area (Å²) >= 11 is 0. The maximum absolute atomic E-state index is 13.6. The fraction of sp³-hybridized carbons (Fsp3) is 0.345. The van der Waals surface area contributed by atoms with E-state index in [2.05, 4.69) is 10.3 Å².